The summed E-state index contributed by atoms with van der Waals surface area (Å²) in [6, 6.07) is 0. The Morgan fingerprint density at radius 2 is 1.42 bits per heavy atom. The zero-order valence-corrected chi connectivity index (χ0v) is 14.3. The first-order valence-corrected chi connectivity index (χ1v) is 7.67. The number of hydrogen-bond acceptors (Lipinski definition) is 2. The maximum absolute atomic E-state index is 11.6. The molecule has 1 aliphatic heterocycles. The Morgan fingerprint density at radius 3 is 1.53 bits per heavy atom. The van der Waals surface area contributed by atoms with Crippen LogP contribution in [-0.2, 0) is 9.53 Å². The number of rotatable bonds is 3. The van der Waals surface area contributed by atoms with Gasteiger partial charge in [-0.3, -0.25) is 4.79 Å². The Morgan fingerprint density at radius 1 is 1.05 bits per heavy atom. The molecule has 0 bridgehead atoms. The molecule has 3 heteroatoms. The largest absolute Gasteiger partial charge is 0.381 e. The van der Waals surface area contributed by atoms with Crippen LogP contribution in [0.3, 0.4) is 0 Å². The van der Waals surface area contributed by atoms with E-state index < -0.39 is 0 Å². The highest BCUT2D eigenvalue weighted by Gasteiger charge is 2.38. The summed E-state index contributed by atoms with van der Waals surface area (Å²) in [5.74, 6) is 0.891. The van der Waals surface area contributed by atoms with Crippen LogP contribution in [0.25, 0.3) is 0 Å². The average molecular weight is 273 g/mol. The molecule has 1 aliphatic rings. The molecule has 116 valence electrons. The Hall–Kier alpha value is -0.570. The number of ether oxygens (including phenoxy) is 1. The smallest absolute Gasteiger partial charge is 0.226 e. The lowest BCUT2D eigenvalue weighted by Crippen LogP contribution is -2.44. The van der Waals surface area contributed by atoms with Gasteiger partial charge in [0.1, 0.15) is 0 Å². The minimum atomic E-state index is -0.241. The molecular formula is C16H35NO2. The van der Waals surface area contributed by atoms with Crippen molar-refractivity contribution in [3.05, 3.63) is 0 Å². The molecular weight excluding hydrogens is 238 g/mol. The second-order valence-corrected chi connectivity index (χ2v) is 5.49. The van der Waals surface area contributed by atoms with E-state index in [9.17, 15) is 4.79 Å². The number of hydrogen-bond donors (Lipinski definition) is 1. The average Bonchev–Trinajstić information content (AvgIpc) is 2.97. The van der Waals surface area contributed by atoms with Crippen LogP contribution in [-0.4, -0.2) is 26.2 Å². The molecule has 0 unspecified atom stereocenters. The zero-order chi connectivity index (χ0) is 15.5. The van der Waals surface area contributed by atoms with E-state index in [1.807, 2.05) is 20.8 Å². The van der Waals surface area contributed by atoms with Crippen LogP contribution in [0.5, 0.6) is 0 Å². The van der Waals surface area contributed by atoms with Crippen LogP contribution >= 0.6 is 0 Å². The van der Waals surface area contributed by atoms with Crippen LogP contribution < -0.4 is 5.32 Å². The number of carbonyl (C=O) groups excluding carboxylic acids is 1. The lowest BCUT2D eigenvalue weighted by Gasteiger charge is -2.35. The predicted molar refractivity (Wildman–Crippen MR) is 83.3 cm³/mol. The Labute approximate surface area is 120 Å². The molecule has 0 aliphatic carbocycles. The molecule has 1 rings (SSSR count). The normalized spacial score (nSPS) is 14.4. The lowest BCUT2D eigenvalue weighted by atomic mass is 9.70. The van der Waals surface area contributed by atoms with E-state index in [1.165, 1.54) is 12.8 Å². The summed E-state index contributed by atoms with van der Waals surface area (Å²) in [7, 11) is 1.70. The van der Waals surface area contributed by atoms with Gasteiger partial charge >= 0.3 is 0 Å². The summed E-state index contributed by atoms with van der Waals surface area (Å²) in [4.78, 5) is 11.6. The van der Waals surface area contributed by atoms with E-state index >= 15 is 0 Å². The lowest BCUT2D eigenvalue weighted by molar-refractivity contribution is -0.134. The summed E-state index contributed by atoms with van der Waals surface area (Å²) >= 11 is 0. The predicted octanol–water partition coefficient (Wildman–Crippen LogP) is 3.87. The van der Waals surface area contributed by atoms with E-state index in [1.54, 1.807) is 7.05 Å². The van der Waals surface area contributed by atoms with Gasteiger partial charge in [-0.2, -0.15) is 0 Å². The summed E-state index contributed by atoms with van der Waals surface area (Å²) in [5.41, 5.74) is -0.241. The second kappa shape index (κ2) is 11.3. The van der Waals surface area contributed by atoms with Crippen LogP contribution in [0.15, 0.2) is 0 Å². The van der Waals surface area contributed by atoms with Gasteiger partial charge in [0.2, 0.25) is 5.91 Å². The zero-order valence-electron chi connectivity index (χ0n) is 14.3. The summed E-state index contributed by atoms with van der Waals surface area (Å²) in [5, 5.41) is 2.73. The Kier molecular flexibility index (Phi) is 12.3. The van der Waals surface area contributed by atoms with Crippen molar-refractivity contribution >= 4 is 5.91 Å². The van der Waals surface area contributed by atoms with E-state index in [0.29, 0.717) is 11.8 Å². The minimum Gasteiger partial charge on any atom is -0.381 e. The molecule has 0 spiro atoms. The van der Waals surface area contributed by atoms with Crippen molar-refractivity contribution in [3.8, 4) is 0 Å². The first-order valence-electron chi connectivity index (χ1n) is 7.67. The molecule has 0 saturated carbocycles. The fourth-order valence-corrected chi connectivity index (χ4v) is 1.97. The van der Waals surface area contributed by atoms with Gasteiger partial charge in [-0.25, -0.2) is 0 Å². The summed E-state index contributed by atoms with van der Waals surface area (Å²) in [6.07, 6.45) is 2.56. The van der Waals surface area contributed by atoms with Crippen LogP contribution in [0.1, 0.15) is 61.3 Å². The van der Waals surface area contributed by atoms with Crippen molar-refractivity contribution in [2.45, 2.75) is 61.3 Å². The molecule has 0 aromatic rings. The molecule has 1 fully saturated rings. The highest BCUT2D eigenvalue weighted by molar-refractivity contribution is 5.82. The third kappa shape index (κ3) is 6.95. The molecule has 1 saturated heterocycles. The van der Waals surface area contributed by atoms with Gasteiger partial charge in [-0.15, -0.1) is 0 Å². The maximum Gasteiger partial charge on any atom is 0.226 e. The Balaban J connectivity index is 0. The van der Waals surface area contributed by atoms with Gasteiger partial charge in [0, 0.05) is 20.3 Å². The first kappa shape index (κ1) is 20.7. The van der Waals surface area contributed by atoms with Gasteiger partial charge in [0.25, 0.3) is 0 Å². The molecule has 3 nitrogen and oxygen atoms in total. The summed E-state index contributed by atoms with van der Waals surface area (Å²) < 4.78 is 4.94. The van der Waals surface area contributed by atoms with Gasteiger partial charge in [0.05, 0.1) is 5.41 Å². The van der Waals surface area contributed by atoms with E-state index in [-0.39, 0.29) is 11.3 Å². The third-order valence-electron chi connectivity index (χ3n) is 3.94. The standard InChI is InChI=1S/C10H21NO.C4H8O.C2H6/c1-7(2)10(5,8(3)4)9(12)11-6;1-2-4-5-3-1;1-2/h7-8H,1-6H3,(H,11,12);1-4H2;1-2H3. The molecule has 19 heavy (non-hydrogen) atoms. The van der Waals surface area contributed by atoms with Crippen LogP contribution in [0.2, 0.25) is 0 Å². The molecule has 0 radical (unpaired) electrons. The third-order valence-corrected chi connectivity index (χ3v) is 3.94. The number of carbonyl (C=O) groups is 1. The SMILES string of the molecule is C1CCOC1.CC.CNC(=O)C(C)(C(C)C)C(C)C. The van der Waals surface area contributed by atoms with Gasteiger partial charge in [-0.05, 0) is 24.7 Å². The summed E-state index contributed by atoms with van der Waals surface area (Å²) in [6.45, 7) is 16.4. The van der Waals surface area contributed by atoms with E-state index in [4.69, 9.17) is 4.74 Å². The highest BCUT2D eigenvalue weighted by Crippen LogP contribution is 2.35. The molecule has 1 heterocycles. The quantitative estimate of drug-likeness (QED) is 0.847. The monoisotopic (exact) mass is 273 g/mol. The van der Waals surface area contributed by atoms with Crippen molar-refractivity contribution in [3.63, 3.8) is 0 Å². The Bertz CT molecular complexity index is 205. The molecule has 1 N–H and O–H groups in total. The fourth-order valence-electron chi connectivity index (χ4n) is 1.97. The number of nitrogens with one attached hydrogen (secondary N) is 1. The fraction of sp³-hybridized carbons (Fsp3) is 0.938. The molecule has 0 atom stereocenters. The van der Waals surface area contributed by atoms with Crippen molar-refractivity contribution in [2.24, 2.45) is 17.3 Å². The van der Waals surface area contributed by atoms with E-state index in [0.717, 1.165) is 13.2 Å². The van der Waals surface area contributed by atoms with E-state index in [2.05, 4.69) is 33.0 Å². The van der Waals surface area contributed by atoms with Gasteiger partial charge in [0.15, 0.2) is 0 Å². The van der Waals surface area contributed by atoms with Crippen molar-refractivity contribution in [1.82, 2.24) is 5.32 Å². The second-order valence-electron chi connectivity index (χ2n) is 5.49. The maximum atomic E-state index is 11.6. The molecule has 1 amide bonds. The number of amides is 1. The van der Waals surface area contributed by atoms with Gasteiger partial charge < -0.3 is 10.1 Å². The minimum absolute atomic E-state index is 0.146. The van der Waals surface area contributed by atoms with Crippen molar-refractivity contribution < 1.29 is 9.53 Å². The van der Waals surface area contributed by atoms with Gasteiger partial charge in [-0.1, -0.05) is 48.5 Å². The molecule has 0 aromatic carbocycles. The topological polar surface area (TPSA) is 38.3 Å². The molecule has 0 aromatic heterocycles. The van der Waals surface area contributed by atoms with Crippen LogP contribution in [0, 0.1) is 17.3 Å². The van der Waals surface area contributed by atoms with Crippen molar-refractivity contribution in [1.29, 1.82) is 0 Å². The van der Waals surface area contributed by atoms with Crippen molar-refractivity contribution in [2.75, 3.05) is 20.3 Å². The highest BCUT2D eigenvalue weighted by atomic mass is 16.5. The first-order chi connectivity index (χ1) is 8.87. The van der Waals surface area contributed by atoms with Crippen LogP contribution in [0.4, 0.5) is 0 Å².